The van der Waals surface area contributed by atoms with Gasteiger partial charge in [0.1, 0.15) is 0 Å². The summed E-state index contributed by atoms with van der Waals surface area (Å²) in [6.07, 6.45) is 0. The minimum Gasteiger partial charge on any atom is -0.348 e. The van der Waals surface area contributed by atoms with Crippen LogP contribution in [0.15, 0.2) is 24.3 Å². The highest BCUT2D eigenvalue weighted by atomic mass is 16.1. The van der Waals surface area contributed by atoms with Crippen LogP contribution in [0.4, 0.5) is 0 Å². The first-order chi connectivity index (χ1) is 7.17. The van der Waals surface area contributed by atoms with Crippen molar-refractivity contribution in [3.63, 3.8) is 0 Å². The summed E-state index contributed by atoms with van der Waals surface area (Å²) >= 11 is 0. The molecular formula is C11H13N3O. The van der Waals surface area contributed by atoms with Gasteiger partial charge in [-0.1, -0.05) is 6.07 Å². The van der Waals surface area contributed by atoms with Gasteiger partial charge in [0.05, 0.1) is 11.6 Å². The highest BCUT2D eigenvalue weighted by Crippen LogP contribution is 2.04. The number of nitrogens with one attached hydrogen (secondary N) is 1. The first kappa shape index (κ1) is 11.2. The lowest BCUT2D eigenvalue weighted by molar-refractivity contribution is 0.0941. The molecule has 0 radical (unpaired) electrons. The van der Waals surface area contributed by atoms with E-state index in [2.05, 4.69) is 5.32 Å². The van der Waals surface area contributed by atoms with Crippen molar-refractivity contribution in [2.24, 2.45) is 5.73 Å². The van der Waals surface area contributed by atoms with Crippen LogP contribution >= 0.6 is 0 Å². The van der Waals surface area contributed by atoms with Crippen molar-refractivity contribution in [1.29, 1.82) is 5.26 Å². The molecule has 1 rings (SSSR count). The van der Waals surface area contributed by atoms with Crippen molar-refractivity contribution < 1.29 is 4.79 Å². The maximum Gasteiger partial charge on any atom is 0.251 e. The van der Waals surface area contributed by atoms with E-state index in [1.165, 1.54) is 0 Å². The van der Waals surface area contributed by atoms with Crippen LogP contribution < -0.4 is 11.1 Å². The second kappa shape index (κ2) is 5.13. The molecule has 78 valence electrons. The standard InChI is InChI=1S/C11H13N3O/c1-8(6-12)14-11(15)10-4-2-3-9(5-10)7-13/h2-5,8H,6,12H2,1H3,(H,14,15)/t8-/m0/s1. The lowest BCUT2D eigenvalue weighted by atomic mass is 10.1. The number of carbonyl (C=O) groups is 1. The predicted molar refractivity (Wildman–Crippen MR) is 57.1 cm³/mol. The highest BCUT2D eigenvalue weighted by molar-refractivity contribution is 5.94. The summed E-state index contributed by atoms with van der Waals surface area (Å²) in [5.74, 6) is -0.204. The second-order valence-electron chi connectivity index (χ2n) is 3.30. The first-order valence-corrected chi connectivity index (χ1v) is 4.68. The fourth-order valence-electron chi connectivity index (χ4n) is 1.10. The van der Waals surface area contributed by atoms with Gasteiger partial charge in [-0.05, 0) is 25.1 Å². The van der Waals surface area contributed by atoms with Crippen molar-refractivity contribution in [1.82, 2.24) is 5.32 Å². The number of carbonyl (C=O) groups excluding carboxylic acids is 1. The minimum atomic E-state index is -0.204. The molecule has 1 amide bonds. The lowest BCUT2D eigenvalue weighted by Gasteiger charge is -2.10. The molecule has 0 spiro atoms. The summed E-state index contributed by atoms with van der Waals surface area (Å²) < 4.78 is 0. The molecule has 0 aliphatic rings. The van der Waals surface area contributed by atoms with Crippen LogP contribution in [0.2, 0.25) is 0 Å². The Bertz CT molecular complexity index is 395. The van der Waals surface area contributed by atoms with Gasteiger partial charge >= 0.3 is 0 Å². The summed E-state index contributed by atoms with van der Waals surface area (Å²) in [7, 11) is 0. The number of amides is 1. The molecule has 0 heterocycles. The number of benzene rings is 1. The van der Waals surface area contributed by atoms with Crippen molar-refractivity contribution in [3.05, 3.63) is 35.4 Å². The number of hydrogen-bond donors (Lipinski definition) is 2. The van der Waals surface area contributed by atoms with Crippen molar-refractivity contribution >= 4 is 5.91 Å². The zero-order valence-electron chi connectivity index (χ0n) is 8.53. The average Bonchev–Trinajstić information content (AvgIpc) is 2.28. The molecule has 4 nitrogen and oxygen atoms in total. The molecule has 0 aromatic heterocycles. The van der Waals surface area contributed by atoms with Crippen molar-refractivity contribution in [3.8, 4) is 6.07 Å². The van der Waals surface area contributed by atoms with E-state index in [1.54, 1.807) is 24.3 Å². The molecule has 0 unspecified atom stereocenters. The van der Waals surface area contributed by atoms with Gasteiger partial charge in [0, 0.05) is 18.2 Å². The maximum absolute atomic E-state index is 11.6. The second-order valence-corrected chi connectivity index (χ2v) is 3.30. The summed E-state index contributed by atoms with van der Waals surface area (Å²) in [4.78, 5) is 11.6. The van der Waals surface area contributed by atoms with Crippen LogP contribution in [0.1, 0.15) is 22.8 Å². The zero-order valence-corrected chi connectivity index (χ0v) is 8.53. The number of nitrogens with zero attached hydrogens (tertiary/aromatic N) is 1. The zero-order chi connectivity index (χ0) is 11.3. The van der Waals surface area contributed by atoms with Crippen LogP contribution in [-0.4, -0.2) is 18.5 Å². The van der Waals surface area contributed by atoms with Crippen molar-refractivity contribution in [2.45, 2.75) is 13.0 Å². The number of hydrogen-bond acceptors (Lipinski definition) is 3. The van der Waals surface area contributed by atoms with E-state index < -0.39 is 0 Å². The first-order valence-electron chi connectivity index (χ1n) is 4.68. The quantitative estimate of drug-likeness (QED) is 0.756. The fraction of sp³-hybridized carbons (Fsp3) is 0.273. The largest absolute Gasteiger partial charge is 0.348 e. The van der Waals surface area contributed by atoms with Gasteiger partial charge in [-0.25, -0.2) is 0 Å². The van der Waals surface area contributed by atoms with Gasteiger partial charge in [0.25, 0.3) is 5.91 Å². The number of rotatable bonds is 3. The minimum absolute atomic E-state index is 0.0664. The molecule has 0 saturated heterocycles. The molecule has 4 heteroatoms. The smallest absolute Gasteiger partial charge is 0.251 e. The van der Waals surface area contributed by atoms with E-state index in [0.29, 0.717) is 17.7 Å². The Kier molecular flexibility index (Phi) is 3.83. The summed E-state index contributed by atoms with van der Waals surface area (Å²) in [6, 6.07) is 8.48. The fourth-order valence-corrected chi connectivity index (χ4v) is 1.10. The average molecular weight is 203 g/mol. The predicted octanol–water partition coefficient (Wildman–Crippen LogP) is 0.635. The normalized spacial score (nSPS) is 11.5. The van der Waals surface area contributed by atoms with Crippen LogP contribution in [0, 0.1) is 11.3 Å². The van der Waals surface area contributed by atoms with E-state index in [9.17, 15) is 4.79 Å². The van der Waals surface area contributed by atoms with Gasteiger partial charge in [-0.15, -0.1) is 0 Å². The molecule has 0 bridgehead atoms. The van der Waals surface area contributed by atoms with Gasteiger partial charge < -0.3 is 11.1 Å². The molecule has 0 saturated carbocycles. The maximum atomic E-state index is 11.6. The molecule has 1 aromatic rings. The summed E-state index contributed by atoms with van der Waals surface area (Å²) in [6.45, 7) is 2.22. The Hall–Kier alpha value is -1.86. The Labute approximate surface area is 88.7 Å². The van der Waals surface area contributed by atoms with Crippen LogP contribution in [0.5, 0.6) is 0 Å². The van der Waals surface area contributed by atoms with E-state index in [0.717, 1.165) is 0 Å². The highest BCUT2D eigenvalue weighted by Gasteiger charge is 2.08. The third-order valence-corrected chi connectivity index (χ3v) is 1.98. The van der Waals surface area contributed by atoms with Gasteiger partial charge in [0.15, 0.2) is 0 Å². The molecule has 15 heavy (non-hydrogen) atoms. The third kappa shape index (κ3) is 3.08. The summed E-state index contributed by atoms with van der Waals surface area (Å²) in [5, 5.41) is 11.4. The van der Waals surface area contributed by atoms with Crippen molar-refractivity contribution in [2.75, 3.05) is 6.54 Å². The number of nitrogens with two attached hydrogens (primary N) is 1. The lowest BCUT2D eigenvalue weighted by Crippen LogP contribution is -2.37. The molecule has 1 aromatic carbocycles. The summed E-state index contributed by atoms with van der Waals surface area (Å²) in [5.41, 5.74) is 6.34. The monoisotopic (exact) mass is 203 g/mol. The Morgan fingerprint density at radius 2 is 2.40 bits per heavy atom. The molecule has 0 aliphatic carbocycles. The molecular weight excluding hydrogens is 190 g/mol. The van der Waals surface area contributed by atoms with E-state index in [1.807, 2.05) is 13.0 Å². The van der Waals surface area contributed by atoms with Crippen LogP contribution in [0.3, 0.4) is 0 Å². The Morgan fingerprint density at radius 3 is 3.00 bits per heavy atom. The van der Waals surface area contributed by atoms with Gasteiger partial charge in [-0.2, -0.15) is 5.26 Å². The van der Waals surface area contributed by atoms with Crippen LogP contribution in [-0.2, 0) is 0 Å². The van der Waals surface area contributed by atoms with E-state index >= 15 is 0 Å². The number of nitriles is 1. The molecule has 0 fully saturated rings. The third-order valence-electron chi connectivity index (χ3n) is 1.98. The van der Waals surface area contributed by atoms with E-state index in [-0.39, 0.29) is 11.9 Å². The van der Waals surface area contributed by atoms with Crippen LogP contribution in [0.25, 0.3) is 0 Å². The molecule has 1 atom stereocenters. The molecule has 0 aliphatic heterocycles. The Morgan fingerprint density at radius 1 is 1.67 bits per heavy atom. The topological polar surface area (TPSA) is 78.9 Å². The van der Waals surface area contributed by atoms with Gasteiger partial charge in [-0.3, -0.25) is 4.79 Å². The Balaban J connectivity index is 2.78. The van der Waals surface area contributed by atoms with E-state index in [4.69, 9.17) is 11.0 Å². The van der Waals surface area contributed by atoms with Gasteiger partial charge in [0.2, 0.25) is 0 Å². The SMILES string of the molecule is C[C@@H](CN)NC(=O)c1cccc(C#N)c1. The molecule has 3 N–H and O–H groups in total.